The predicted octanol–water partition coefficient (Wildman–Crippen LogP) is 4.57. The fourth-order valence-electron chi connectivity index (χ4n) is 3.86. The molecule has 0 spiro atoms. The molecule has 170 valence electrons. The summed E-state index contributed by atoms with van der Waals surface area (Å²) < 4.78 is 15.3. The van der Waals surface area contributed by atoms with E-state index in [4.69, 9.17) is 0 Å². The van der Waals surface area contributed by atoms with Crippen molar-refractivity contribution in [2.45, 2.75) is 18.0 Å². The molecular formula is C25H20FN5O2S. The van der Waals surface area contributed by atoms with Crippen LogP contribution in [0.5, 0.6) is 0 Å². The molecule has 1 saturated heterocycles. The number of ketones is 1. The maximum absolute atomic E-state index is 13.5. The summed E-state index contributed by atoms with van der Waals surface area (Å²) >= 11 is 1.25. The summed E-state index contributed by atoms with van der Waals surface area (Å²) in [7, 11) is 0. The Kier molecular flexibility index (Phi) is 6.18. The molecule has 5 rings (SSSR count). The minimum Gasteiger partial charge on any atom is -0.312 e. The van der Waals surface area contributed by atoms with Gasteiger partial charge in [0.1, 0.15) is 5.82 Å². The van der Waals surface area contributed by atoms with E-state index < -0.39 is 0 Å². The number of benzene rings is 2. The fraction of sp³-hybridized carbons (Fsp3) is 0.160. The molecule has 2 aromatic heterocycles. The number of anilines is 1. The Labute approximate surface area is 199 Å². The van der Waals surface area contributed by atoms with E-state index in [2.05, 4.69) is 15.2 Å². The van der Waals surface area contributed by atoms with Crippen molar-refractivity contribution >= 4 is 29.1 Å². The molecule has 0 atom stereocenters. The SMILES string of the molecule is O=C(CSc1nnc(-c2ccncc2)n1-c1ccc(F)cc1)c1cccc(N2CCCC2=O)c1. The lowest BCUT2D eigenvalue weighted by atomic mass is 10.1. The van der Waals surface area contributed by atoms with Crippen LogP contribution >= 0.6 is 11.8 Å². The average Bonchev–Trinajstić information content (AvgIpc) is 3.50. The largest absolute Gasteiger partial charge is 0.312 e. The van der Waals surface area contributed by atoms with E-state index >= 15 is 0 Å². The van der Waals surface area contributed by atoms with Crippen LogP contribution in [0, 0.1) is 5.82 Å². The number of Topliss-reactive ketones (excluding diaryl/α,β-unsaturated/α-hetero) is 1. The van der Waals surface area contributed by atoms with E-state index in [1.54, 1.807) is 52.2 Å². The molecule has 7 nitrogen and oxygen atoms in total. The molecule has 0 saturated carbocycles. The van der Waals surface area contributed by atoms with Crippen LogP contribution in [0.1, 0.15) is 23.2 Å². The third-order valence-corrected chi connectivity index (χ3v) is 6.47. The van der Waals surface area contributed by atoms with Gasteiger partial charge in [-0.05, 0) is 55.0 Å². The number of halogens is 1. The van der Waals surface area contributed by atoms with Crippen molar-refractivity contribution in [1.82, 2.24) is 19.7 Å². The molecular weight excluding hydrogens is 453 g/mol. The maximum atomic E-state index is 13.5. The van der Waals surface area contributed by atoms with Crippen LogP contribution < -0.4 is 4.90 Å². The van der Waals surface area contributed by atoms with E-state index in [1.165, 1.54) is 23.9 Å². The monoisotopic (exact) mass is 473 g/mol. The van der Waals surface area contributed by atoms with Gasteiger partial charge < -0.3 is 4.90 Å². The highest BCUT2D eigenvalue weighted by Gasteiger charge is 2.23. The highest BCUT2D eigenvalue weighted by Crippen LogP contribution is 2.29. The molecule has 1 aliphatic rings. The van der Waals surface area contributed by atoms with Crippen LogP contribution in [-0.4, -0.2) is 43.7 Å². The number of rotatable bonds is 7. The van der Waals surface area contributed by atoms with E-state index in [-0.39, 0.29) is 23.3 Å². The molecule has 1 fully saturated rings. The Morgan fingerprint density at radius 2 is 1.79 bits per heavy atom. The van der Waals surface area contributed by atoms with Gasteiger partial charge in [0.05, 0.1) is 5.75 Å². The quantitative estimate of drug-likeness (QED) is 0.289. The van der Waals surface area contributed by atoms with Crippen LogP contribution in [0.4, 0.5) is 10.1 Å². The van der Waals surface area contributed by atoms with Crippen LogP contribution in [-0.2, 0) is 4.79 Å². The van der Waals surface area contributed by atoms with Crippen molar-refractivity contribution in [3.63, 3.8) is 0 Å². The Morgan fingerprint density at radius 3 is 2.53 bits per heavy atom. The standard InChI is InChI=1S/C25H20FN5O2S/c26-19-6-8-20(9-7-19)31-24(17-10-12-27-13-11-17)28-29-25(31)34-16-22(32)18-3-1-4-21(15-18)30-14-2-5-23(30)33/h1,3-4,6-13,15H,2,5,14,16H2. The van der Waals surface area contributed by atoms with Gasteiger partial charge in [0.25, 0.3) is 0 Å². The van der Waals surface area contributed by atoms with Gasteiger partial charge in [-0.15, -0.1) is 10.2 Å². The van der Waals surface area contributed by atoms with Crippen molar-refractivity contribution in [2.24, 2.45) is 0 Å². The van der Waals surface area contributed by atoms with Crippen molar-refractivity contribution in [1.29, 1.82) is 0 Å². The van der Waals surface area contributed by atoms with E-state index in [1.807, 2.05) is 18.2 Å². The molecule has 0 N–H and O–H groups in total. The van der Waals surface area contributed by atoms with E-state index in [0.29, 0.717) is 35.2 Å². The van der Waals surface area contributed by atoms with Gasteiger partial charge in [-0.1, -0.05) is 23.9 Å². The molecule has 0 aliphatic carbocycles. The van der Waals surface area contributed by atoms with Crippen LogP contribution in [0.25, 0.3) is 17.1 Å². The smallest absolute Gasteiger partial charge is 0.227 e. The lowest BCUT2D eigenvalue weighted by Gasteiger charge is -2.16. The molecule has 0 bridgehead atoms. The van der Waals surface area contributed by atoms with E-state index in [9.17, 15) is 14.0 Å². The normalized spacial score (nSPS) is 13.4. The molecule has 1 amide bonds. The second-order valence-corrected chi connectivity index (χ2v) is 8.71. The zero-order chi connectivity index (χ0) is 23.5. The first kappa shape index (κ1) is 22.0. The average molecular weight is 474 g/mol. The Balaban J connectivity index is 1.41. The third-order valence-electron chi connectivity index (χ3n) is 5.54. The van der Waals surface area contributed by atoms with E-state index in [0.717, 1.165) is 17.7 Å². The number of carbonyl (C=O) groups is 2. The topological polar surface area (TPSA) is 81.0 Å². The zero-order valence-electron chi connectivity index (χ0n) is 18.1. The van der Waals surface area contributed by atoms with Crippen LogP contribution in [0.3, 0.4) is 0 Å². The summed E-state index contributed by atoms with van der Waals surface area (Å²) in [6, 6.07) is 16.8. The summed E-state index contributed by atoms with van der Waals surface area (Å²) in [4.78, 5) is 30.8. The van der Waals surface area contributed by atoms with Crippen molar-refractivity contribution in [3.05, 3.63) is 84.4 Å². The summed E-state index contributed by atoms with van der Waals surface area (Å²) in [6.07, 6.45) is 4.68. The Morgan fingerprint density at radius 1 is 1.00 bits per heavy atom. The maximum Gasteiger partial charge on any atom is 0.227 e. The predicted molar refractivity (Wildman–Crippen MR) is 128 cm³/mol. The van der Waals surface area contributed by atoms with Gasteiger partial charge in [-0.25, -0.2) is 4.39 Å². The van der Waals surface area contributed by atoms with Gasteiger partial charge in [0, 0.05) is 47.9 Å². The highest BCUT2D eigenvalue weighted by molar-refractivity contribution is 7.99. The lowest BCUT2D eigenvalue weighted by Crippen LogP contribution is -2.23. The molecule has 4 aromatic rings. The number of nitrogens with zero attached hydrogens (tertiary/aromatic N) is 5. The fourth-order valence-corrected chi connectivity index (χ4v) is 4.70. The van der Waals surface area contributed by atoms with Crippen molar-refractivity contribution < 1.29 is 14.0 Å². The van der Waals surface area contributed by atoms with Crippen LogP contribution in [0.2, 0.25) is 0 Å². The van der Waals surface area contributed by atoms with Gasteiger partial charge >= 0.3 is 0 Å². The molecule has 2 aromatic carbocycles. The second-order valence-electron chi connectivity index (χ2n) is 7.77. The Bertz CT molecular complexity index is 1340. The lowest BCUT2D eigenvalue weighted by molar-refractivity contribution is -0.117. The summed E-state index contributed by atoms with van der Waals surface area (Å²) in [5.74, 6) is 0.349. The Hall–Kier alpha value is -3.85. The molecule has 1 aliphatic heterocycles. The second kappa shape index (κ2) is 9.56. The zero-order valence-corrected chi connectivity index (χ0v) is 18.9. The first-order valence-electron chi connectivity index (χ1n) is 10.8. The molecule has 3 heterocycles. The number of hydrogen-bond acceptors (Lipinski definition) is 6. The number of pyridine rings is 1. The first-order valence-corrected chi connectivity index (χ1v) is 11.8. The molecule has 0 unspecified atom stereocenters. The number of thioether (sulfide) groups is 1. The molecule has 0 radical (unpaired) electrons. The number of carbonyl (C=O) groups excluding carboxylic acids is 2. The van der Waals surface area contributed by atoms with Gasteiger partial charge in [0.2, 0.25) is 5.91 Å². The molecule has 9 heteroatoms. The minimum atomic E-state index is -0.344. The van der Waals surface area contributed by atoms with Gasteiger partial charge in [0.15, 0.2) is 16.8 Å². The molecule has 34 heavy (non-hydrogen) atoms. The number of hydrogen-bond donors (Lipinski definition) is 0. The summed E-state index contributed by atoms with van der Waals surface area (Å²) in [5, 5.41) is 9.14. The minimum absolute atomic E-state index is 0.0787. The number of amides is 1. The van der Waals surface area contributed by atoms with Gasteiger partial charge in [-0.2, -0.15) is 0 Å². The van der Waals surface area contributed by atoms with Crippen molar-refractivity contribution in [3.8, 4) is 17.1 Å². The highest BCUT2D eigenvalue weighted by atomic mass is 32.2. The summed E-state index contributed by atoms with van der Waals surface area (Å²) in [6.45, 7) is 0.670. The van der Waals surface area contributed by atoms with Crippen molar-refractivity contribution in [2.75, 3.05) is 17.2 Å². The number of aromatic nitrogens is 4. The summed E-state index contributed by atoms with van der Waals surface area (Å²) in [5.41, 5.74) is 2.76. The third kappa shape index (κ3) is 4.47. The van der Waals surface area contributed by atoms with Gasteiger partial charge in [-0.3, -0.25) is 19.1 Å². The first-order chi connectivity index (χ1) is 16.6. The van der Waals surface area contributed by atoms with Crippen LogP contribution in [0.15, 0.2) is 78.2 Å².